The molecular formula is C33H44FNO4. The predicted molar refractivity (Wildman–Crippen MR) is 155 cm³/mol. The van der Waals surface area contributed by atoms with E-state index in [-0.39, 0.29) is 5.82 Å². The molecule has 0 unspecified atom stereocenters. The Hall–Kier alpha value is -2.96. The molecule has 0 aromatic heterocycles. The molecule has 0 aliphatic carbocycles. The number of hydrogen-bond acceptors (Lipinski definition) is 4. The van der Waals surface area contributed by atoms with Crippen LogP contribution in [0, 0.1) is 5.82 Å². The molecule has 3 aromatic carbocycles. The molecule has 0 aliphatic rings. The molecule has 5 nitrogen and oxygen atoms in total. The Morgan fingerprint density at radius 1 is 0.795 bits per heavy atom. The fraction of sp³-hybridized carbons (Fsp3) is 0.485. The monoisotopic (exact) mass is 537 g/mol. The minimum Gasteiger partial charge on any atom is -0.493 e. The summed E-state index contributed by atoms with van der Waals surface area (Å²) in [7, 11) is 0. The topological polar surface area (TPSA) is 59.0 Å². The summed E-state index contributed by atoms with van der Waals surface area (Å²) < 4.78 is 20.3. The Bertz CT molecular complexity index is 1140. The average Bonchev–Trinajstić information content (AvgIpc) is 2.94. The number of fused-ring (bicyclic) bond motifs is 1. The van der Waals surface area contributed by atoms with Gasteiger partial charge in [0.25, 0.3) is 0 Å². The molecule has 212 valence electrons. The van der Waals surface area contributed by atoms with Crippen molar-refractivity contribution in [1.82, 2.24) is 5.06 Å². The summed E-state index contributed by atoms with van der Waals surface area (Å²) in [4.78, 5) is 16.7. The fourth-order valence-electron chi connectivity index (χ4n) is 4.84. The van der Waals surface area contributed by atoms with Gasteiger partial charge in [-0.25, -0.2) is 9.18 Å². The van der Waals surface area contributed by atoms with Crippen LogP contribution in [0.4, 0.5) is 4.39 Å². The fourth-order valence-corrected chi connectivity index (χ4v) is 4.84. The quantitative estimate of drug-likeness (QED) is 0.116. The molecule has 0 fully saturated rings. The van der Waals surface area contributed by atoms with Gasteiger partial charge in [-0.1, -0.05) is 113 Å². The number of hydroxylamine groups is 2. The molecule has 1 N–H and O–H groups in total. The van der Waals surface area contributed by atoms with E-state index in [9.17, 15) is 9.18 Å². The summed E-state index contributed by atoms with van der Waals surface area (Å²) in [5.41, 5.74) is 1.57. The van der Waals surface area contributed by atoms with Crippen molar-refractivity contribution in [3.05, 3.63) is 77.6 Å². The van der Waals surface area contributed by atoms with Gasteiger partial charge in [0, 0.05) is 18.5 Å². The van der Waals surface area contributed by atoms with Crippen LogP contribution in [0.5, 0.6) is 5.75 Å². The van der Waals surface area contributed by atoms with Crippen molar-refractivity contribution in [2.75, 3.05) is 19.8 Å². The molecule has 0 bridgehead atoms. The van der Waals surface area contributed by atoms with E-state index >= 15 is 0 Å². The maximum Gasteiger partial charge on any atom is 0.331 e. The molecule has 0 radical (unpaired) electrons. The molecule has 39 heavy (non-hydrogen) atoms. The lowest BCUT2D eigenvalue weighted by Gasteiger charge is -2.22. The number of aliphatic carboxylic acids is 1. The zero-order chi connectivity index (χ0) is 27.7. The maximum atomic E-state index is 14.1. The molecule has 0 aliphatic heterocycles. The van der Waals surface area contributed by atoms with Gasteiger partial charge >= 0.3 is 5.97 Å². The Morgan fingerprint density at radius 2 is 1.44 bits per heavy atom. The Kier molecular flexibility index (Phi) is 13.8. The lowest BCUT2D eigenvalue weighted by atomic mass is 10.0. The molecule has 0 saturated heterocycles. The van der Waals surface area contributed by atoms with Crippen LogP contribution >= 0.6 is 0 Å². The highest BCUT2D eigenvalue weighted by atomic mass is 19.1. The lowest BCUT2D eigenvalue weighted by Crippen LogP contribution is -2.29. The van der Waals surface area contributed by atoms with E-state index < -0.39 is 12.6 Å². The van der Waals surface area contributed by atoms with Crippen LogP contribution in [0.15, 0.2) is 60.7 Å². The van der Waals surface area contributed by atoms with E-state index in [4.69, 9.17) is 14.7 Å². The first-order chi connectivity index (χ1) is 19.1. The molecule has 3 rings (SSSR count). The summed E-state index contributed by atoms with van der Waals surface area (Å²) in [6.45, 7) is 3.23. The van der Waals surface area contributed by atoms with Gasteiger partial charge in [-0.05, 0) is 41.5 Å². The van der Waals surface area contributed by atoms with Crippen molar-refractivity contribution in [1.29, 1.82) is 0 Å². The van der Waals surface area contributed by atoms with E-state index in [0.29, 0.717) is 31.7 Å². The van der Waals surface area contributed by atoms with E-state index in [2.05, 4.69) is 13.0 Å². The Balaban J connectivity index is 1.54. The first kappa shape index (κ1) is 30.6. The highest BCUT2D eigenvalue weighted by Gasteiger charge is 2.14. The zero-order valence-corrected chi connectivity index (χ0v) is 23.4. The number of carbonyl (C=O) groups is 1. The summed E-state index contributed by atoms with van der Waals surface area (Å²) in [5.74, 6) is -0.467. The van der Waals surface area contributed by atoms with E-state index in [0.717, 1.165) is 28.5 Å². The summed E-state index contributed by atoms with van der Waals surface area (Å²) in [6, 6.07) is 18.7. The largest absolute Gasteiger partial charge is 0.493 e. The number of rotatable bonds is 20. The summed E-state index contributed by atoms with van der Waals surface area (Å²) >= 11 is 0. The third-order valence-electron chi connectivity index (χ3n) is 7.04. The molecule has 0 spiro atoms. The number of hydrogen-bond donors (Lipinski definition) is 1. The second-order valence-electron chi connectivity index (χ2n) is 10.2. The van der Waals surface area contributed by atoms with Crippen LogP contribution in [0.2, 0.25) is 0 Å². The SMILES string of the molecule is CCCCCCCCCCCCOc1ccc(CN(CCc2ccccc2F)OCC(=O)O)c2ccccc12. The van der Waals surface area contributed by atoms with Gasteiger partial charge in [-0.2, -0.15) is 5.06 Å². The second kappa shape index (κ2) is 17.6. The van der Waals surface area contributed by atoms with Crippen molar-refractivity contribution in [3.63, 3.8) is 0 Å². The van der Waals surface area contributed by atoms with Crippen molar-refractivity contribution >= 4 is 16.7 Å². The number of halogens is 1. The normalized spacial score (nSPS) is 11.4. The van der Waals surface area contributed by atoms with Crippen molar-refractivity contribution in [3.8, 4) is 5.75 Å². The van der Waals surface area contributed by atoms with Gasteiger partial charge in [-0.15, -0.1) is 0 Å². The Labute approximate surface area is 232 Å². The van der Waals surface area contributed by atoms with Gasteiger partial charge in [0.2, 0.25) is 0 Å². The maximum absolute atomic E-state index is 14.1. The molecule has 6 heteroatoms. The molecule has 0 atom stereocenters. The zero-order valence-electron chi connectivity index (χ0n) is 23.4. The van der Waals surface area contributed by atoms with Gasteiger partial charge in [0.15, 0.2) is 6.61 Å². The first-order valence-electron chi connectivity index (χ1n) is 14.5. The molecule has 0 amide bonds. The number of nitrogens with zero attached hydrogens (tertiary/aromatic N) is 1. The number of carboxylic acids is 1. The minimum absolute atomic E-state index is 0.273. The van der Waals surface area contributed by atoms with E-state index in [1.54, 1.807) is 23.3 Å². The molecule has 3 aromatic rings. The van der Waals surface area contributed by atoms with Crippen LogP contribution in [0.3, 0.4) is 0 Å². The molecular weight excluding hydrogens is 493 g/mol. The Morgan fingerprint density at radius 3 is 2.13 bits per heavy atom. The van der Waals surface area contributed by atoms with Crippen LogP contribution in [0.25, 0.3) is 10.8 Å². The van der Waals surface area contributed by atoms with Gasteiger partial charge < -0.3 is 9.84 Å². The number of carboxylic acid groups (broad SMARTS) is 1. The third-order valence-corrected chi connectivity index (χ3v) is 7.04. The van der Waals surface area contributed by atoms with Crippen molar-refractivity contribution < 1.29 is 23.9 Å². The van der Waals surface area contributed by atoms with Crippen LogP contribution in [0.1, 0.15) is 82.3 Å². The van der Waals surface area contributed by atoms with Crippen LogP contribution in [-0.4, -0.2) is 35.9 Å². The first-order valence-corrected chi connectivity index (χ1v) is 14.5. The number of benzene rings is 3. The molecule has 0 heterocycles. The number of unbranched alkanes of at least 4 members (excludes halogenated alkanes) is 9. The van der Waals surface area contributed by atoms with Crippen LogP contribution < -0.4 is 4.74 Å². The standard InChI is InChI=1S/C33H44FNO4/c1-2-3-4-5-6-7-8-9-10-15-24-38-32-21-20-28(29-17-12-13-18-30(29)32)25-35(39-26-33(36)37)23-22-27-16-11-14-19-31(27)34/h11-14,16-21H,2-10,15,22-26H2,1H3,(H,36,37). The number of ether oxygens (including phenoxy) is 1. The van der Waals surface area contributed by atoms with Gasteiger partial charge in [0.05, 0.1) is 6.61 Å². The van der Waals surface area contributed by atoms with Crippen molar-refractivity contribution in [2.24, 2.45) is 0 Å². The van der Waals surface area contributed by atoms with E-state index in [1.165, 1.54) is 63.9 Å². The highest BCUT2D eigenvalue weighted by molar-refractivity contribution is 5.91. The summed E-state index contributed by atoms with van der Waals surface area (Å²) in [6.07, 6.45) is 13.3. The predicted octanol–water partition coefficient (Wildman–Crippen LogP) is 8.34. The summed E-state index contributed by atoms with van der Waals surface area (Å²) in [5, 5.41) is 12.8. The van der Waals surface area contributed by atoms with Crippen molar-refractivity contribution in [2.45, 2.75) is 84.1 Å². The second-order valence-corrected chi connectivity index (χ2v) is 10.2. The molecule has 0 saturated carbocycles. The highest BCUT2D eigenvalue weighted by Crippen LogP contribution is 2.30. The van der Waals surface area contributed by atoms with E-state index in [1.807, 2.05) is 30.3 Å². The average molecular weight is 538 g/mol. The van der Waals surface area contributed by atoms with Crippen LogP contribution in [-0.2, 0) is 22.6 Å². The van der Waals surface area contributed by atoms with Gasteiger partial charge in [0.1, 0.15) is 11.6 Å². The third kappa shape index (κ3) is 11.0. The lowest BCUT2D eigenvalue weighted by molar-refractivity contribution is -0.185. The smallest absolute Gasteiger partial charge is 0.331 e. The minimum atomic E-state index is -1.05. The van der Waals surface area contributed by atoms with Gasteiger partial charge in [-0.3, -0.25) is 4.84 Å².